The van der Waals surface area contributed by atoms with Gasteiger partial charge < -0.3 is 9.84 Å². The number of carbonyl (C=O) groups is 1. The Morgan fingerprint density at radius 3 is 2.81 bits per heavy atom. The van der Waals surface area contributed by atoms with Crippen molar-refractivity contribution in [3.8, 4) is 11.4 Å². The van der Waals surface area contributed by atoms with Crippen LogP contribution in [0.25, 0.3) is 11.4 Å². The number of rotatable bonds is 7. The molecule has 1 aromatic heterocycles. The van der Waals surface area contributed by atoms with Crippen LogP contribution in [0.2, 0.25) is 0 Å². The van der Waals surface area contributed by atoms with E-state index in [-0.39, 0.29) is 12.5 Å². The maximum Gasteiger partial charge on any atom is 0.246 e. The zero-order valence-electron chi connectivity index (χ0n) is 14.2. The van der Waals surface area contributed by atoms with Gasteiger partial charge >= 0.3 is 0 Å². The first kappa shape index (κ1) is 18.7. The van der Waals surface area contributed by atoms with Crippen LogP contribution in [0, 0.1) is 6.92 Å². The summed E-state index contributed by atoms with van der Waals surface area (Å²) in [7, 11) is 0. The number of hydrogen-bond acceptors (Lipinski definition) is 5. The highest BCUT2D eigenvalue weighted by molar-refractivity contribution is 9.10. The largest absolute Gasteiger partial charge is 0.347 e. The molecule has 5 nitrogen and oxygen atoms in total. The minimum Gasteiger partial charge on any atom is -0.347 e. The molecule has 0 unspecified atom stereocenters. The fraction of sp³-hybridized carbons (Fsp3) is 0.211. The Morgan fingerprint density at radius 2 is 2.04 bits per heavy atom. The smallest absolute Gasteiger partial charge is 0.246 e. The van der Waals surface area contributed by atoms with Crippen LogP contribution in [-0.4, -0.2) is 21.8 Å². The van der Waals surface area contributed by atoms with Crippen molar-refractivity contribution >= 4 is 33.6 Å². The molecular weight excluding hydrogens is 414 g/mol. The van der Waals surface area contributed by atoms with Crippen LogP contribution in [0.15, 0.2) is 62.4 Å². The molecule has 0 aliphatic heterocycles. The highest BCUT2D eigenvalue weighted by Gasteiger charge is 2.10. The van der Waals surface area contributed by atoms with E-state index in [2.05, 4.69) is 62.6 Å². The average molecular weight is 432 g/mol. The zero-order chi connectivity index (χ0) is 18.4. The van der Waals surface area contributed by atoms with Gasteiger partial charge in [0.1, 0.15) is 0 Å². The summed E-state index contributed by atoms with van der Waals surface area (Å²) in [6.07, 6.45) is 0.436. The second-order valence-electron chi connectivity index (χ2n) is 5.71. The summed E-state index contributed by atoms with van der Waals surface area (Å²) in [5.41, 5.74) is 2.09. The second kappa shape index (κ2) is 9.00. The van der Waals surface area contributed by atoms with Gasteiger partial charge in [0, 0.05) is 27.1 Å². The van der Waals surface area contributed by atoms with E-state index in [4.69, 9.17) is 4.52 Å². The summed E-state index contributed by atoms with van der Waals surface area (Å²) >= 11 is 5.08. The van der Waals surface area contributed by atoms with Crippen LogP contribution >= 0.6 is 27.7 Å². The van der Waals surface area contributed by atoms with Crippen molar-refractivity contribution in [2.45, 2.75) is 24.8 Å². The average Bonchev–Trinajstić information content (AvgIpc) is 3.11. The van der Waals surface area contributed by atoms with Gasteiger partial charge in [-0.05, 0) is 31.2 Å². The van der Waals surface area contributed by atoms with Crippen molar-refractivity contribution in [1.82, 2.24) is 15.5 Å². The van der Waals surface area contributed by atoms with Gasteiger partial charge in [-0.15, -0.1) is 11.8 Å². The van der Waals surface area contributed by atoms with Gasteiger partial charge in [0.05, 0.1) is 6.54 Å². The molecule has 2 aromatic carbocycles. The number of carbonyl (C=O) groups excluding carboxylic acids is 1. The molecular formula is C19H18BrN3O2S. The van der Waals surface area contributed by atoms with Crippen molar-refractivity contribution in [1.29, 1.82) is 0 Å². The van der Waals surface area contributed by atoms with Gasteiger partial charge in [0.2, 0.25) is 17.6 Å². The predicted molar refractivity (Wildman–Crippen MR) is 106 cm³/mol. The Hall–Kier alpha value is -2.12. The normalized spacial score (nSPS) is 10.7. The fourth-order valence-electron chi connectivity index (χ4n) is 2.23. The molecule has 3 rings (SSSR count). The number of amides is 1. The summed E-state index contributed by atoms with van der Waals surface area (Å²) in [6, 6.07) is 15.9. The number of aromatic nitrogens is 2. The first-order chi connectivity index (χ1) is 12.6. The molecule has 0 bridgehead atoms. The number of nitrogens with zero attached hydrogens (tertiary/aromatic N) is 2. The molecule has 1 N–H and O–H groups in total. The van der Waals surface area contributed by atoms with E-state index >= 15 is 0 Å². The summed E-state index contributed by atoms with van der Waals surface area (Å²) < 4.78 is 6.14. The first-order valence-corrected chi connectivity index (χ1v) is 9.93. The first-order valence-electron chi connectivity index (χ1n) is 8.15. The number of hydrogen-bond donors (Lipinski definition) is 1. The third-order valence-electron chi connectivity index (χ3n) is 3.61. The standard InChI is InChI=1S/C19H18BrN3O2S/c1-13-5-7-16(8-6-13)26-10-9-17(24)21-12-18-22-19(23-25-18)14-3-2-4-15(20)11-14/h2-8,11H,9-10,12H2,1H3,(H,21,24). The molecule has 26 heavy (non-hydrogen) atoms. The lowest BCUT2D eigenvalue weighted by Gasteiger charge is -2.03. The van der Waals surface area contributed by atoms with Crippen molar-refractivity contribution in [2.75, 3.05) is 5.75 Å². The molecule has 0 spiro atoms. The van der Waals surface area contributed by atoms with E-state index in [0.29, 0.717) is 18.1 Å². The Kier molecular flexibility index (Phi) is 6.46. The highest BCUT2D eigenvalue weighted by Crippen LogP contribution is 2.21. The highest BCUT2D eigenvalue weighted by atomic mass is 79.9. The van der Waals surface area contributed by atoms with Crippen molar-refractivity contribution in [3.05, 3.63) is 64.5 Å². The molecule has 0 saturated heterocycles. The maximum absolute atomic E-state index is 12.0. The molecule has 1 heterocycles. The van der Waals surface area contributed by atoms with Gasteiger partial charge in [-0.25, -0.2) is 0 Å². The molecule has 0 aliphatic rings. The SMILES string of the molecule is Cc1ccc(SCCC(=O)NCc2nc(-c3cccc(Br)c3)no2)cc1. The van der Waals surface area contributed by atoms with Gasteiger partial charge in [0.25, 0.3) is 0 Å². The summed E-state index contributed by atoms with van der Waals surface area (Å²) in [6.45, 7) is 2.29. The minimum absolute atomic E-state index is 0.0354. The third kappa shape index (κ3) is 5.44. The molecule has 0 aliphatic carbocycles. The van der Waals surface area contributed by atoms with Crippen LogP contribution in [0.5, 0.6) is 0 Å². The van der Waals surface area contributed by atoms with Crippen LogP contribution in [0.4, 0.5) is 0 Å². The molecule has 0 fully saturated rings. The number of thioether (sulfide) groups is 1. The Morgan fingerprint density at radius 1 is 1.23 bits per heavy atom. The lowest BCUT2D eigenvalue weighted by Crippen LogP contribution is -2.23. The molecule has 0 atom stereocenters. The predicted octanol–water partition coefficient (Wildman–Crippen LogP) is 4.61. The van der Waals surface area contributed by atoms with E-state index in [1.807, 2.05) is 24.3 Å². The number of benzene rings is 2. The van der Waals surface area contributed by atoms with E-state index in [1.165, 1.54) is 10.5 Å². The second-order valence-corrected chi connectivity index (χ2v) is 7.79. The van der Waals surface area contributed by atoms with Crippen LogP contribution in [0.3, 0.4) is 0 Å². The molecule has 0 radical (unpaired) electrons. The van der Waals surface area contributed by atoms with Crippen molar-refractivity contribution < 1.29 is 9.32 Å². The molecule has 0 saturated carbocycles. The van der Waals surface area contributed by atoms with Crippen molar-refractivity contribution in [2.24, 2.45) is 0 Å². The number of aryl methyl sites for hydroxylation is 1. The lowest BCUT2D eigenvalue weighted by atomic mass is 10.2. The third-order valence-corrected chi connectivity index (χ3v) is 5.11. The minimum atomic E-state index is -0.0354. The van der Waals surface area contributed by atoms with E-state index in [0.717, 1.165) is 15.8 Å². The molecule has 1 amide bonds. The summed E-state index contributed by atoms with van der Waals surface area (Å²) in [5, 5.41) is 6.76. The quantitative estimate of drug-likeness (QED) is 0.553. The Labute approximate surface area is 164 Å². The van der Waals surface area contributed by atoms with Crippen LogP contribution in [0.1, 0.15) is 17.9 Å². The van der Waals surface area contributed by atoms with Gasteiger partial charge in [-0.3, -0.25) is 4.79 Å². The van der Waals surface area contributed by atoms with Crippen molar-refractivity contribution in [3.63, 3.8) is 0 Å². The van der Waals surface area contributed by atoms with Crippen LogP contribution < -0.4 is 5.32 Å². The molecule has 7 heteroatoms. The Bertz CT molecular complexity index is 881. The van der Waals surface area contributed by atoms with E-state index in [9.17, 15) is 4.79 Å². The lowest BCUT2D eigenvalue weighted by molar-refractivity contribution is -0.120. The van der Waals surface area contributed by atoms with Gasteiger partial charge in [0.15, 0.2) is 0 Å². The maximum atomic E-state index is 12.0. The summed E-state index contributed by atoms with van der Waals surface area (Å²) in [4.78, 5) is 17.4. The molecule has 3 aromatic rings. The van der Waals surface area contributed by atoms with E-state index in [1.54, 1.807) is 11.8 Å². The van der Waals surface area contributed by atoms with Crippen LogP contribution in [-0.2, 0) is 11.3 Å². The number of halogens is 1. The van der Waals surface area contributed by atoms with Gasteiger partial charge in [-0.2, -0.15) is 4.98 Å². The Balaban J connectivity index is 1.44. The topological polar surface area (TPSA) is 68.0 Å². The molecule has 134 valence electrons. The monoisotopic (exact) mass is 431 g/mol. The zero-order valence-corrected chi connectivity index (χ0v) is 16.6. The number of nitrogens with one attached hydrogen (secondary N) is 1. The summed E-state index contributed by atoms with van der Waals surface area (Å²) in [5.74, 6) is 1.58. The van der Waals surface area contributed by atoms with Gasteiger partial charge in [-0.1, -0.05) is 50.9 Å². The van der Waals surface area contributed by atoms with E-state index < -0.39 is 0 Å². The fourth-order valence-corrected chi connectivity index (χ4v) is 3.48.